The second-order valence-electron chi connectivity index (χ2n) is 4.60. The summed E-state index contributed by atoms with van der Waals surface area (Å²) in [5.41, 5.74) is 1.64. The van der Waals surface area contributed by atoms with Crippen LogP contribution in [-0.4, -0.2) is 15.0 Å². The topological polar surface area (TPSA) is 30.7 Å². The maximum Gasteiger partial charge on any atom is 0.0725 e. The first-order valence-corrected chi connectivity index (χ1v) is 4.90. The third-order valence-corrected chi connectivity index (χ3v) is 2.13. The Kier molecular flexibility index (Phi) is 3.07. The monoisotopic (exact) mass is 181 g/mol. The fourth-order valence-electron chi connectivity index (χ4n) is 1.24. The first kappa shape index (κ1) is 10.2. The molecule has 1 aromatic rings. The van der Waals surface area contributed by atoms with Gasteiger partial charge in [-0.15, -0.1) is 5.10 Å². The summed E-state index contributed by atoms with van der Waals surface area (Å²) in [4.78, 5) is 0. The summed E-state index contributed by atoms with van der Waals surface area (Å²) in [6.45, 7) is 9.78. The highest BCUT2D eigenvalue weighted by Gasteiger charge is 2.11. The number of aromatic nitrogens is 3. The highest BCUT2D eigenvalue weighted by Crippen LogP contribution is 2.20. The van der Waals surface area contributed by atoms with Crippen LogP contribution in [0.4, 0.5) is 0 Å². The zero-order valence-electron chi connectivity index (χ0n) is 9.04. The van der Waals surface area contributed by atoms with Crippen molar-refractivity contribution in [2.45, 2.75) is 47.1 Å². The molecule has 0 N–H and O–H groups in total. The minimum atomic E-state index is 0.392. The van der Waals surface area contributed by atoms with Crippen molar-refractivity contribution < 1.29 is 0 Å². The maximum absolute atomic E-state index is 4.00. The van der Waals surface area contributed by atoms with Crippen molar-refractivity contribution in [2.24, 2.45) is 5.41 Å². The lowest BCUT2D eigenvalue weighted by molar-refractivity contribution is 0.372. The number of nitrogens with zero attached hydrogens (tertiary/aromatic N) is 3. The molecule has 0 atom stereocenters. The molecule has 0 amide bonds. The van der Waals surface area contributed by atoms with Crippen molar-refractivity contribution in [2.75, 3.05) is 0 Å². The SMILES string of the molecule is CCn1nncc1CCC(C)(C)C. The molecule has 0 aliphatic rings. The predicted molar refractivity (Wildman–Crippen MR) is 53.5 cm³/mol. The Morgan fingerprint density at radius 2 is 2.08 bits per heavy atom. The highest BCUT2D eigenvalue weighted by molar-refractivity contribution is 4.94. The lowest BCUT2D eigenvalue weighted by atomic mass is 9.90. The minimum Gasteiger partial charge on any atom is -0.250 e. The van der Waals surface area contributed by atoms with Crippen LogP contribution in [-0.2, 0) is 13.0 Å². The smallest absolute Gasteiger partial charge is 0.0725 e. The molecular weight excluding hydrogens is 162 g/mol. The molecule has 13 heavy (non-hydrogen) atoms. The average Bonchev–Trinajstić information content (AvgIpc) is 2.46. The van der Waals surface area contributed by atoms with Gasteiger partial charge in [-0.25, -0.2) is 4.68 Å². The van der Waals surface area contributed by atoms with Crippen LogP contribution >= 0.6 is 0 Å². The largest absolute Gasteiger partial charge is 0.250 e. The molecule has 0 fully saturated rings. The molecular formula is C10H19N3. The molecule has 0 aliphatic carbocycles. The molecule has 0 saturated heterocycles. The first-order valence-electron chi connectivity index (χ1n) is 4.90. The molecule has 1 heterocycles. The van der Waals surface area contributed by atoms with Gasteiger partial charge in [-0.2, -0.15) is 0 Å². The van der Waals surface area contributed by atoms with E-state index in [4.69, 9.17) is 0 Å². The lowest BCUT2D eigenvalue weighted by Gasteiger charge is -2.17. The van der Waals surface area contributed by atoms with Crippen molar-refractivity contribution in [1.82, 2.24) is 15.0 Å². The van der Waals surface area contributed by atoms with Gasteiger partial charge in [0, 0.05) is 6.54 Å². The standard InChI is InChI=1S/C10H19N3/c1-5-13-9(8-11-12-13)6-7-10(2,3)4/h8H,5-7H2,1-4H3. The van der Waals surface area contributed by atoms with Crippen LogP contribution in [0.5, 0.6) is 0 Å². The zero-order chi connectivity index (χ0) is 9.90. The van der Waals surface area contributed by atoms with E-state index in [-0.39, 0.29) is 0 Å². The minimum absolute atomic E-state index is 0.392. The summed E-state index contributed by atoms with van der Waals surface area (Å²) in [7, 11) is 0. The maximum atomic E-state index is 4.00. The van der Waals surface area contributed by atoms with Gasteiger partial charge in [0.25, 0.3) is 0 Å². The van der Waals surface area contributed by atoms with E-state index in [9.17, 15) is 0 Å². The fourth-order valence-corrected chi connectivity index (χ4v) is 1.24. The van der Waals surface area contributed by atoms with Crippen LogP contribution in [0, 0.1) is 5.41 Å². The van der Waals surface area contributed by atoms with Gasteiger partial charge in [-0.1, -0.05) is 26.0 Å². The van der Waals surface area contributed by atoms with Crippen LogP contribution in [0.3, 0.4) is 0 Å². The van der Waals surface area contributed by atoms with Gasteiger partial charge in [0.1, 0.15) is 0 Å². The average molecular weight is 181 g/mol. The number of rotatable bonds is 3. The van der Waals surface area contributed by atoms with Crippen molar-refractivity contribution >= 4 is 0 Å². The molecule has 1 rings (SSSR count). The Morgan fingerprint density at radius 1 is 1.38 bits per heavy atom. The summed E-state index contributed by atoms with van der Waals surface area (Å²) in [5, 5.41) is 7.91. The second kappa shape index (κ2) is 3.90. The summed E-state index contributed by atoms with van der Waals surface area (Å²) >= 11 is 0. The summed E-state index contributed by atoms with van der Waals surface area (Å²) in [6.07, 6.45) is 4.12. The van der Waals surface area contributed by atoms with Gasteiger partial charge >= 0.3 is 0 Å². The van der Waals surface area contributed by atoms with Crippen molar-refractivity contribution in [3.8, 4) is 0 Å². The molecule has 0 aliphatic heterocycles. The zero-order valence-corrected chi connectivity index (χ0v) is 9.04. The van der Waals surface area contributed by atoms with Crippen LogP contribution in [0.15, 0.2) is 6.20 Å². The summed E-state index contributed by atoms with van der Waals surface area (Å²) in [6, 6.07) is 0. The molecule has 3 heteroatoms. The van der Waals surface area contributed by atoms with Gasteiger partial charge in [0.05, 0.1) is 11.9 Å². The van der Waals surface area contributed by atoms with Crippen LogP contribution < -0.4 is 0 Å². The van der Waals surface area contributed by atoms with Crippen LogP contribution in [0.25, 0.3) is 0 Å². The molecule has 0 unspecified atom stereocenters. The molecule has 0 saturated carbocycles. The molecule has 0 radical (unpaired) electrons. The lowest BCUT2D eigenvalue weighted by Crippen LogP contribution is -2.09. The summed E-state index contributed by atoms with van der Waals surface area (Å²) < 4.78 is 1.96. The molecule has 1 aromatic heterocycles. The van der Waals surface area contributed by atoms with E-state index >= 15 is 0 Å². The Morgan fingerprint density at radius 3 is 2.62 bits per heavy atom. The molecule has 3 nitrogen and oxygen atoms in total. The normalized spacial score (nSPS) is 12.0. The van der Waals surface area contributed by atoms with Crippen LogP contribution in [0.2, 0.25) is 0 Å². The van der Waals surface area contributed by atoms with Crippen LogP contribution in [0.1, 0.15) is 39.8 Å². The Balaban J connectivity index is 2.54. The fraction of sp³-hybridized carbons (Fsp3) is 0.800. The highest BCUT2D eigenvalue weighted by atomic mass is 15.4. The van der Waals surface area contributed by atoms with E-state index in [0.717, 1.165) is 13.0 Å². The van der Waals surface area contributed by atoms with Gasteiger partial charge in [-0.3, -0.25) is 0 Å². The van der Waals surface area contributed by atoms with Gasteiger partial charge in [-0.05, 0) is 25.2 Å². The van der Waals surface area contributed by atoms with E-state index in [1.807, 2.05) is 10.9 Å². The van der Waals surface area contributed by atoms with Gasteiger partial charge < -0.3 is 0 Å². The number of hydrogen-bond donors (Lipinski definition) is 0. The Bertz CT molecular complexity index is 257. The van der Waals surface area contributed by atoms with E-state index < -0.39 is 0 Å². The van der Waals surface area contributed by atoms with Gasteiger partial charge in [0.15, 0.2) is 0 Å². The third kappa shape index (κ3) is 3.17. The van der Waals surface area contributed by atoms with E-state index in [1.54, 1.807) is 0 Å². The third-order valence-electron chi connectivity index (χ3n) is 2.13. The quantitative estimate of drug-likeness (QED) is 0.716. The number of hydrogen-bond acceptors (Lipinski definition) is 2. The van der Waals surface area contributed by atoms with E-state index in [0.29, 0.717) is 5.41 Å². The summed E-state index contributed by atoms with van der Waals surface area (Å²) in [5.74, 6) is 0. The van der Waals surface area contributed by atoms with Gasteiger partial charge in [0.2, 0.25) is 0 Å². The Hall–Kier alpha value is -0.860. The second-order valence-corrected chi connectivity index (χ2v) is 4.60. The Labute approximate surface area is 80.1 Å². The van der Waals surface area contributed by atoms with Crippen molar-refractivity contribution in [3.63, 3.8) is 0 Å². The number of aryl methyl sites for hydroxylation is 2. The molecule has 0 bridgehead atoms. The van der Waals surface area contributed by atoms with E-state index in [2.05, 4.69) is 38.0 Å². The first-order chi connectivity index (χ1) is 6.03. The molecule has 0 aromatic carbocycles. The molecule has 74 valence electrons. The van der Waals surface area contributed by atoms with Crippen molar-refractivity contribution in [1.29, 1.82) is 0 Å². The predicted octanol–water partition coefficient (Wildman–Crippen LogP) is 2.28. The molecule has 0 spiro atoms. The van der Waals surface area contributed by atoms with E-state index in [1.165, 1.54) is 12.1 Å². The van der Waals surface area contributed by atoms with Crippen molar-refractivity contribution in [3.05, 3.63) is 11.9 Å².